The van der Waals surface area contributed by atoms with Crippen molar-refractivity contribution in [2.75, 3.05) is 0 Å². The Morgan fingerprint density at radius 1 is 1.23 bits per heavy atom. The second-order valence-corrected chi connectivity index (χ2v) is 4.43. The first-order chi connectivity index (χ1) is 5.79. The van der Waals surface area contributed by atoms with Gasteiger partial charge in [0.2, 0.25) is 0 Å². The molecule has 0 amide bonds. The van der Waals surface area contributed by atoms with Crippen molar-refractivity contribution < 1.29 is 32.7 Å². The SMILES string of the molecule is Cc1s[c-]c(-c2[c-]scc2)c1C.[Y]. The topological polar surface area (TPSA) is 0 Å². The number of hydrogen-bond donors (Lipinski definition) is 0. The molecule has 13 heavy (non-hydrogen) atoms. The van der Waals surface area contributed by atoms with Crippen molar-refractivity contribution in [3.8, 4) is 11.1 Å². The maximum Gasteiger partial charge on any atom is 0 e. The molecule has 2 aromatic rings. The van der Waals surface area contributed by atoms with E-state index in [9.17, 15) is 0 Å². The van der Waals surface area contributed by atoms with Gasteiger partial charge in [0, 0.05) is 32.7 Å². The fraction of sp³-hybridized carbons (Fsp3) is 0.200. The van der Waals surface area contributed by atoms with Gasteiger partial charge in [-0.05, 0) is 0 Å². The summed E-state index contributed by atoms with van der Waals surface area (Å²) in [5, 5.41) is 8.57. The standard InChI is InChI=1S/C10H8S2.Y/c1-7-8(2)12-6-10(7)9-3-4-11-5-9;/h3-4H,1-2H3;/q-2;. The van der Waals surface area contributed by atoms with Crippen molar-refractivity contribution in [3.05, 3.63) is 32.6 Å². The largest absolute Gasteiger partial charge is 0.276 e. The van der Waals surface area contributed by atoms with Crippen LogP contribution in [0.15, 0.2) is 11.4 Å². The van der Waals surface area contributed by atoms with E-state index in [1.165, 1.54) is 21.6 Å². The maximum atomic E-state index is 3.29. The van der Waals surface area contributed by atoms with Gasteiger partial charge in [0.1, 0.15) is 0 Å². The Labute approximate surface area is 112 Å². The van der Waals surface area contributed by atoms with Gasteiger partial charge in [-0.25, -0.2) is 17.2 Å². The zero-order valence-electron chi connectivity index (χ0n) is 7.55. The first-order valence-corrected chi connectivity index (χ1v) is 5.42. The van der Waals surface area contributed by atoms with Crippen molar-refractivity contribution >= 4 is 22.7 Å². The third-order valence-electron chi connectivity index (χ3n) is 1.95. The molecule has 0 aliphatic heterocycles. The smallest absolute Gasteiger partial charge is 0 e. The Morgan fingerprint density at radius 2 is 2.00 bits per heavy atom. The number of thiophene rings is 2. The fourth-order valence-electron chi connectivity index (χ4n) is 1.08. The quantitative estimate of drug-likeness (QED) is 0.699. The summed E-state index contributed by atoms with van der Waals surface area (Å²) in [6, 6.07) is 2.09. The minimum atomic E-state index is 0. The van der Waals surface area contributed by atoms with Gasteiger partial charge in [-0.1, -0.05) is 13.8 Å². The number of aryl methyl sites for hydroxylation is 1. The van der Waals surface area contributed by atoms with E-state index >= 15 is 0 Å². The van der Waals surface area contributed by atoms with Gasteiger partial charge < -0.3 is 0 Å². The van der Waals surface area contributed by atoms with E-state index in [0.29, 0.717) is 0 Å². The molecule has 0 aliphatic rings. The van der Waals surface area contributed by atoms with E-state index < -0.39 is 0 Å². The second kappa shape index (κ2) is 4.83. The summed E-state index contributed by atoms with van der Waals surface area (Å²) in [6.07, 6.45) is 0. The van der Waals surface area contributed by atoms with Gasteiger partial charge in [0.05, 0.1) is 0 Å². The summed E-state index contributed by atoms with van der Waals surface area (Å²) in [6.45, 7) is 4.27. The van der Waals surface area contributed by atoms with Crippen LogP contribution >= 0.6 is 22.7 Å². The van der Waals surface area contributed by atoms with Crippen molar-refractivity contribution in [3.63, 3.8) is 0 Å². The zero-order chi connectivity index (χ0) is 8.55. The van der Waals surface area contributed by atoms with E-state index in [-0.39, 0.29) is 32.7 Å². The predicted molar refractivity (Wildman–Crippen MR) is 54.8 cm³/mol. The molecule has 2 rings (SSSR count). The molecule has 0 unspecified atom stereocenters. The first-order valence-electron chi connectivity index (χ1n) is 3.72. The molecule has 0 spiro atoms. The van der Waals surface area contributed by atoms with Crippen LogP contribution in [0.2, 0.25) is 0 Å². The van der Waals surface area contributed by atoms with Crippen LogP contribution < -0.4 is 0 Å². The van der Waals surface area contributed by atoms with E-state index in [0.717, 1.165) is 0 Å². The molecular formula is C10H8S2Y-2. The Balaban J connectivity index is 0.000000845. The molecule has 0 aromatic carbocycles. The minimum Gasteiger partial charge on any atom is -0.276 e. The molecule has 0 N–H and O–H groups in total. The van der Waals surface area contributed by atoms with Crippen LogP contribution in [0.1, 0.15) is 10.4 Å². The Bertz CT molecular complexity index is 374. The number of rotatable bonds is 1. The molecule has 2 heterocycles. The molecule has 0 nitrogen and oxygen atoms in total. The van der Waals surface area contributed by atoms with E-state index in [1.807, 2.05) is 0 Å². The fourth-order valence-corrected chi connectivity index (χ4v) is 2.42. The van der Waals surface area contributed by atoms with Crippen LogP contribution in [0.3, 0.4) is 0 Å². The Hall–Kier alpha value is 0.504. The first kappa shape index (κ1) is 11.6. The molecule has 3 heteroatoms. The average molecular weight is 281 g/mol. The summed E-state index contributed by atoms with van der Waals surface area (Å²) in [5.74, 6) is 0. The van der Waals surface area contributed by atoms with Crippen LogP contribution in [0, 0.1) is 24.6 Å². The second-order valence-electron chi connectivity index (χ2n) is 2.70. The van der Waals surface area contributed by atoms with Crippen molar-refractivity contribution in [1.82, 2.24) is 0 Å². The Kier molecular flexibility index (Phi) is 4.30. The molecule has 2 aromatic heterocycles. The van der Waals surface area contributed by atoms with Crippen molar-refractivity contribution in [1.29, 1.82) is 0 Å². The summed E-state index contributed by atoms with van der Waals surface area (Å²) >= 11 is 3.30. The Morgan fingerprint density at radius 3 is 2.46 bits per heavy atom. The third kappa shape index (κ3) is 2.30. The van der Waals surface area contributed by atoms with Crippen LogP contribution in [-0.4, -0.2) is 0 Å². The molecule has 1 radical (unpaired) electrons. The van der Waals surface area contributed by atoms with E-state index in [1.54, 1.807) is 22.7 Å². The summed E-state index contributed by atoms with van der Waals surface area (Å²) in [4.78, 5) is 1.35. The monoisotopic (exact) mass is 281 g/mol. The van der Waals surface area contributed by atoms with Gasteiger partial charge in [-0.15, -0.1) is 21.0 Å². The van der Waals surface area contributed by atoms with E-state index in [2.05, 4.69) is 36.1 Å². The predicted octanol–water partition coefficient (Wildman–Crippen LogP) is 3.69. The van der Waals surface area contributed by atoms with Gasteiger partial charge in [0.25, 0.3) is 0 Å². The van der Waals surface area contributed by atoms with Crippen LogP contribution in [0.5, 0.6) is 0 Å². The third-order valence-corrected chi connectivity index (χ3v) is 3.48. The van der Waals surface area contributed by atoms with Gasteiger partial charge in [-0.3, -0.25) is 22.7 Å². The maximum absolute atomic E-state index is 3.29. The zero-order valence-corrected chi connectivity index (χ0v) is 12.0. The van der Waals surface area contributed by atoms with Crippen molar-refractivity contribution in [2.24, 2.45) is 0 Å². The molecule has 0 saturated carbocycles. The van der Waals surface area contributed by atoms with Crippen LogP contribution in [0.25, 0.3) is 11.1 Å². The van der Waals surface area contributed by atoms with Crippen molar-refractivity contribution in [2.45, 2.75) is 13.8 Å². The molecule has 0 bridgehead atoms. The summed E-state index contributed by atoms with van der Waals surface area (Å²) in [5.41, 5.74) is 3.75. The number of hydrogen-bond acceptors (Lipinski definition) is 2. The van der Waals surface area contributed by atoms with Gasteiger partial charge in [-0.2, -0.15) is 5.56 Å². The molecule has 0 atom stereocenters. The minimum absolute atomic E-state index is 0. The van der Waals surface area contributed by atoms with E-state index in [4.69, 9.17) is 0 Å². The summed E-state index contributed by atoms with van der Waals surface area (Å²) < 4.78 is 0. The molecule has 0 aliphatic carbocycles. The molecule has 65 valence electrons. The summed E-state index contributed by atoms with van der Waals surface area (Å²) in [7, 11) is 0. The van der Waals surface area contributed by atoms with Gasteiger partial charge in [0.15, 0.2) is 0 Å². The molecular weight excluding hydrogens is 273 g/mol. The normalized spacial score (nSPS) is 9.69. The van der Waals surface area contributed by atoms with Crippen LogP contribution in [-0.2, 0) is 32.7 Å². The molecule has 0 saturated heterocycles. The van der Waals surface area contributed by atoms with Gasteiger partial charge >= 0.3 is 0 Å². The van der Waals surface area contributed by atoms with Crippen LogP contribution in [0.4, 0.5) is 0 Å². The average Bonchev–Trinajstić information content (AvgIpc) is 2.64. The molecule has 0 fully saturated rings.